The van der Waals surface area contributed by atoms with Gasteiger partial charge < -0.3 is 4.74 Å². The van der Waals surface area contributed by atoms with E-state index in [0.717, 1.165) is 29.8 Å². The third kappa shape index (κ3) is 5.46. The van der Waals surface area contributed by atoms with Crippen LogP contribution in [0.1, 0.15) is 15.9 Å². The first kappa shape index (κ1) is 19.3. The molecule has 0 heterocycles. The molecule has 1 amide bonds. The van der Waals surface area contributed by atoms with Gasteiger partial charge >= 0.3 is 6.36 Å². The van der Waals surface area contributed by atoms with Crippen molar-refractivity contribution in [2.45, 2.75) is 16.6 Å². The Morgan fingerprint density at radius 1 is 1.04 bits per heavy atom. The normalized spacial score (nSPS) is 11.8. The lowest BCUT2D eigenvalue weighted by Crippen LogP contribution is -2.30. The number of nitrogens with one attached hydrogen (secondary N) is 1. The van der Waals surface area contributed by atoms with Crippen molar-refractivity contribution in [2.24, 2.45) is 0 Å². The molecule has 0 unspecified atom stereocenters. The highest BCUT2D eigenvalue weighted by Crippen LogP contribution is 2.23. The van der Waals surface area contributed by atoms with Gasteiger partial charge in [-0.25, -0.2) is 13.1 Å². The molecule has 0 bridgehead atoms. The van der Waals surface area contributed by atoms with Crippen molar-refractivity contribution in [3.05, 3.63) is 59.7 Å². The van der Waals surface area contributed by atoms with E-state index in [1.165, 1.54) is 12.1 Å². The molecule has 2 aromatic rings. The molecule has 10 heteroatoms. The van der Waals surface area contributed by atoms with Gasteiger partial charge in [0.25, 0.3) is 15.9 Å². The van der Waals surface area contributed by atoms with Gasteiger partial charge in [-0.1, -0.05) is 28.1 Å². The summed E-state index contributed by atoms with van der Waals surface area (Å²) in [7, 11) is -4.10. The summed E-state index contributed by atoms with van der Waals surface area (Å²) in [5, 5.41) is 0.548. The summed E-state index contributed by atoms with van der Waals surface area (Å²) >= 11 is 3.23. The molecule has 134 valence electrons. The van der Waals surface area contributed by atoms with Gasteiger partial charge in [-0.3, -0.25) is 4.79 Å². The van der Waals surface area contributed by atoms with Crippen molar-refractivity contribution in [1.82, 2.24) is 4.72 Å². The van der Waals surface area contributed by atoms with E-state index in [1.807, 2.05) is 4.72 Å². The lowest BCUT2D eigenvalue weighted by molar-refractivity contribution is -0.274. The maximum atomic E-state index is 12.2. The van der Waals surface area contributed by atoms with Crippen molar-refractivity contribution in [1.29, 1.82) is 0 Å². The molecule has 0 aromatic heterocycles. The average molecular weight is 438 g/mol. The van der Waals surface area contributed by atoms with Crippen LogP contribution in [0.2, 0.25) is 0 Å². The number of carbonyl (C=O) groups excluding carboxylic acids is 1. The van der Waals surface area contributed by atoms with Crippen LogP contribution in [0.25, 0.3) is 0 Å². The molecular formula is C15H11BrF3NO4S. The number of amides is 1. The number of ether oxygens (including phenoxy) is 1. The third-order valence-corrected chi connectivity index (χ3v) is 4.96. The molecule has 0 spiro atoms. The van der Waals surface area contributed by atoms with Gasteiger partial charge in [0.2, 0.25) is 0 Å². The van der Waals surface area contributed by atoms with Gasteiger partial charge in [0.1, 0.15) is 5.75 Å². The maximum Gasteiger partial charge on any atom is 0.573 e. The van der Waals surface area contributed by atoms with Crippen LogP contribution in [-0.2, 0) is 15.4 Å². The fourth-order valence-corrected chi connectivity index (χ4v) is 3.15. The zero-order valence-electron chi connectivity index (χ0n) is 12.4. The lowest BCUT2D eigenvalue weighted by Gasteiger charge is -2.10. The number of halogens is 4. The number of carbonyl (C=O) groups is 1. The van der Waals surface area contributed by atoms with Gasteiger partial charge in [0.05, 0.1) is 4.90 Å². The summed E-state index contributed by atoms with van der Waals surface area (Å²) in [6, 6.07) is 9.73. The van der Waals surface area contributed by atoms with Crippen LogP contribution in [0, 0.1) is 0 Å². The zero-order chi connectivity index (χ0) is 18.7. The van der Waals surface area contributed by atoms with Crippen LogP contribution < -0.4 is 9.46 Å². The van der Waals surface area contributed by atoms with Crippen molar-refractivity contribution in [3.8, 4) is 5.75 Å². The van der Waals surface area contributed by atoms with E-state index in [9.17, 15) is 26.4 Å². The van der Waals surface area contributed by atoms with Crippen LogP contribution in [-0.4, -0.2) is 20.7 Å². The predicted molar refractivity (Wildman–Crippen MR) is 86.9 cm³/mol. The standard InChI is InChI=1S/C15H11BrF3NO4S/c16-9-10-1-7-13(8-2-10)25(22,23)20-14(21)11-3-5-12(6-4-11)24-15(17,18)19/h1-8H,9H2,(H,20,21). The number of alkyl halides is 4. The van der Waals surface area contributed by atoms with E-state index < -0.39 is 28.0 Å². The topological polar surface area (TPSA) is 72.5 Å². The van der Waals surface area contributed by atoms with Crippen molar-refractivity contribution in [3.63, 3.8) is 0 Å². The number of hydrogen-bond acceptors (Lipinski definition) is 4. The molecule has 2 aromatic carbocycles. The van der Waals surface area contributed by atoms with E-state index >= 15 is 0 Å². The second-order valence-corrected chi connectivity index (χ2v) is 7.03. The average Bonchev–Trinajstić information content (AvgIpc) is 2.53. The molecule has 5 nitrogen and oxygen atoms in total. The van der Waals surface area contributed by atoms with Crippen LogP contribution in [0.5, 0.6) is 5.75 Å². The zero-order valence-corrected chi connectivity index (χ0v) is 14.8. The molecule has 25 heavy (non-hydrogen) atoms. The Balaban J connectivity index is 2.12. The van der Waals surface area contributed by atoms with E-state index in [-0.39, 0.29) is 10.5 Å². The van der Waals surface area contributed by atoms with E-state index in [1.54, 1.807) is 12.1 Å². The summed E-state index contributed by atoms with van der Waals surface area (Å²) < 4.78 is 66.1. The minimum atomic E-state index is -4.85. The van der Waals surface area contributed by atoms with E-state index in [2.05, 4.69) is 20.7 Å². The minimum absolute atomic E-state index is 0.109. The fraction of sp³-hybridized carbons (Fsp3) is 0.133. The summed E-state index contributed by atoms with van der Waals surface area (Å²) in [4.78, 5) is 11.9. The Bertz CT molecular complexity index is 850. The highest BCUT2D eigenvalue weighted by molar-refractivity contribution is 9.08. The number of benzene rings is 2. The van der Waals surface area contributed by atoms with Crippen LogP contribution in [0.3, 0.4) is 0 Å². The molecule has 2 rings (SSSR count). The van der Waals surface area contributed by atoms with Gasteiger partial charge in [-0.05, 0) is 42.0 Å². The molecular weight excluding hydrogens is 427 g/mol. The van der Waals surface area contributed by atoms with Gasteiger partial charge in [-0.2, -0.15) is 0 Å². The predicted octanol–water partition coefficient (Wildman–Crippen LogP) is 3.60. The molecule has 0 aliphatic carbocycles. The number of hydrogen-bond donors (Lipinski definition) is 1. The molecule has 0 saturated heterocycles. The highest BCUT2D eigenvalue weighted by Gasteiger charge is 2.31. The largest absolute Gasteiger partial charge is 0.573 e. The quantitative estimate of drug-likeness (QED) is 0.725. The number of sulfonamides is 1. The molecule has 0 atom stereocenters. The fourth-order valence-electron chi connectivity index (χ4n) is 1.81. The molecule has 0 saturated carbocycles. The summed E-state index contributed by atoms with van der Waals surface area (Å²) in [6.07, 6.45) is -4.85. The maximum absolute atomic E-state index is 12.2. The summed E-state index contributed by atoms with van der Waals surface area (Å²) in [5.74, 6) is -1.49. The summed E-state index contributed by atoms with van der Waals surface area (Å²) in [6.45, 7) is 0. The van der Waals surface area contributed by atoms with Crippen LogP contribution in [0.15, 0.2) is 53.4 Å². The minimum Gasteiger partial charge on any atom is -0.406 e. The second kappa shape index (κ2) is 7.44. The Labute approximate surface area is 150 Å². The lowest BCUT2D eigenvalue weighted by atomic mass is 10.2. The van der Waals surface area contributed by atoms with Gasteiger partial charge in [0.15, 0.2) is 0 Å². The van der Waals surface area contributed by atoms with Crippen LogP contribution in [0.4, 0.5) is 13.2 Å². The van der Waals surface area contributed by atoms with Gasteiger partial charge in [-0.15, -0.1) is 13.2 Å². The van der Waals surface area contributed by atoms with Crippen molar-refractivity contribution in [2.75, 3.05) is 0 Å². The first-order chi connectivity index (χ1) is 11.6. The van der Waals surface area contributed by atoms with Crippen molar-refractivity contribution >= 4 is 31.9 Å². The van der Waals surface area contributed by atoms with E-state index in [4.69, 9.17) is 0 Å². The SMILES string of the molecule is O=C(NS(=O)(=O)c1ccc(CBr)cc1)c1ccc(OC(F)(F)F)cc1. The van der Waals surface area contributed by atoms with E-state index in [0.29, 0.717) is 5.33 Å². The molecule has 0 aliphatic heterocycles. The molecule has 0 radical (unpaired) electrons. The Morgan fingerprint density at radius 3 is 2.08 bits per heavy atom. The highest BCUT2D eigenvalue weighted by atomic mass is 79.9. The Kier molecular flexibility index (Phi) is 5.73. The molecule has 0 aliphatic rings. The monoisotopic (exact) mass is 437 g/mol. The summed E-state index contributed by atoms with van der Waals surface area (Å²) in [5.41, 5.74) is 0.723. The second-order valence-electron chi connectivity index (χ2n) is 4.78. The smallest absolute Gasteiger partial charge is 0.406 e. The Morgan fingerprint density at radius 2 is 1.60 bits per heavy atom. The number of rotatable bonds is 5. The van der Waals surface area contributed by atoms with Crippen LogP contribution >= 0.6 is 15.9 Å². The first-order valence-corrected chi connectivity index (χ1v) is 9.29. The first-order valence-electron chi connectivity index (χ1n) is 6.68. The van der Waals surface area contributed by atoms with Crippen molar-refractivity contribution < 1.29 is 31.1 Å². The van der Waals surface area contributed by atoms with Gasteiger partial charge in [0, 0.05) is 10.9 Å². The Hall–Kier alpha value is -2.07. The molecule has 1 N–H and O–H groups in total. The molecule has 0 fully saturated rings. The third-order valence-electron chi connectivity index (χ3n) is 2.97.